The van der Waals surface area contributed by atoms with Gasteiger partial charge in [0.15, 0.2) is 12.1 Å². The highest BCUT2D eigenvalue weighted by atomic mass is 127. The van der Waals surface area contributed by atoms with Gasteiger partial charge in [-0.05, 0) is 34.7 Å². The Labute approximate surface area is 166 Å². The summed E-state index contributed by atoms with van der Waals surface area (Å²) in [7, 11) is 0. The molecular formula is C16H17FIN3O6. The van der Waals surface area contributed by atoms with Gasteiger partial charge < -0.3 is 25.4 Å². The Balaban J connectivity index is 1.88. The van der Waals surface area contributed by atoms with Gasteiger partial charge in [-0.2, -0.15) is 0 Å². The third kappa shape index (κ3) is 3.46. The number of carbonyl (C=O) groups excluding carboxylic acids is 2. The summed E-state index contributed by atoms with van der Waals surface area (Å²) in [6.45, 7) is -0.609. The molecule has 0 radical (unpaired) electrons. The fourth-order valence-corrected chi connectivity index (χ4v) is 3.23. The van der Waals surface area contributed by atoms with Crippen molar-refractivity contribution in [2.45, 2.75) is 30.2 Å². The van der Waals surface area contributed by atoms with E-state index in [-0.39, 0.29) is 5.56 Å². The predicted molar refractivity (Wildman–Crippen MR) is 97.7 cm³/mol. The van der Waals surface area contributed by atoms with Gasteiger partial charge in [-0.15, -0.1) is 0 Å². The Morgan fingerprint density at radius 2 is 1.96 bits per heavy atom. The molecule has 0 spiro atoms. The molecule has 2 aliphatic heterocycles. The highest BCUT2D eigenvalue weighted by Crippen LogP contribution is 2.30. The molecule has 2 aliphatic rings. The van der Waals surface area contributed by atoms with Crippen LogP contribution in [0.2, 0.25) is 0 Å². The lowest BCUT2D eigenvalue weighted by Crippen LogP contribution is -2.68. The molecule has 0 aliphatic carbocycles. The molecule has 1 aromatic rings. The first-order valence-electron chi connectivity index (χ1n) is 7.89. The minimum atomic E-state index is -2.42. The number of hydrogen-bond acceptors (Lipinski definition) is 7. The number of amides is 2. The first-order chi connectivity index (χ1) is 12.7. The van der Waals surface area contributed by atoms with E-state index in [0.717, 1.165) is 3.57 Å². The fraction of sp³-hybridized carbons (Fsp3) is 0.375. The van der Waals surface area contributed by atoms with Gasteiger partial charge in [-0.1, -0.05) is 12.1 Å². The van der Waals surface area contributed by atoms with Crippen LogP contribution < -0.4 is 11.1 Å². The first-order valence-corrected chi connectivity index (χ1v) is 8.97. The van der Waals surface area contributed by atoms with Crippen molar-refractivity contribution in [2.24, 2.45) is 5.73 Å². The summed E-state index contributed by atoms with van der Waals surface area (Å²) in [6.07, 6.45) is -5.02. The van der Waals surface area contributed by atoms with Crippen molar-refractivity contribution in [1.82, 2.24) is 10.2 Å². The number of nitrogens with zero attached hydrogens (tertiary/aromatic N) is 1. The molecule has 5 atom stereocenters. The molecule has 2 heterocycles. The number of nitrogens with one attached hydrogen (secondary N) is 1. The second kappa shape index (κ2) is 7.41. The molecule has 1 saturated heterocycles. The number of halogens is 2. The number of ether oxygens (including phenoxy) is 1. The summed E-state index contributed by atoms with van der Waals surface area (Å²) in [6, 6.07) is 5.17. The molecule has 1 unspecified atom stereocenters. The highest BCUT2D eigenvalue weighted by Gasteiger charge is 2.51. The van der Waals surface area contributed by atoms with Crippen LogP contribution in [0.4, 0.5) is 9.18 Å². The summed E-state index contributed by atoms with van der Waals surface area (Å²) < 4.78 is 20.8. The monoisotopic (exact) mass is 493 g/mol. The van der Waals surface area contributed by atoms with Gasteiger partial charge in [0, 0.05) is 15.3 Å². The first kappa shape index (κ1) is 20.1. The smallest absolute Gasteiger partial charge is 0.325 e. The zero-order valence-electron chi connectivity index (χ0n) is 13.8. The lowest BCUT2D eigenvalue weighted by Gasteiger charge is -2.37. The molecule has 6 N–H and O–H groups in total. The van der Waals surface area contributed by atoms with E-state index in [2.05, 4.69) is 5.32 Å². The Morgan fingerprint density at radius 1 is 1.33 bits per heavy atom. The standard InChI is InChI=1S/C16H17FIN3O6/c17-10-5-21(14-12(24)11(23)9(6-22)27-14)15(26)20-16(10,19)13(25)7-1-3-8(18)4-2-7/h1-5,9,11-12,14,22-24H,6,19H2,(H,20,26)/t9-,11-,12-,14-,16?/m1/s1. The summed E-state index contributed by atoms with van der Waals surface area (Å²) in [4.78, 5) is 25.7. The van der Waals surface area contributed by atoms with Crippen LogP contribution in [0.3, 0.4) is 0 Å². The number of ketones is 1. The molecule has 146 valence electrons. The number of aliphatic hydroxyl groups excluding tert-OH is 3. The Hall–Kier alpha value is -1.64. The number of nitrogens with two attached hydrogens (primary N) is 1. The van der Waals surface area contributed by atoms with E-state index < -0.39 is 54.5 Å². The van der Waals surface area contributed by atoms with Crippen LogP contribution >= 0.6 is 22.6 Å². The Morgan fingerprint density at radius 3 is 2.52 bits per heavy atom. The van der Waals surface area contributed by atoms with Crippen LogP contribution in [0.5, 0.6) is 0 Å². The number of aliphatic hydroxyl groups is 3. The Bertz CT molecular complexity index is 791. The third-order valence-electron chi connectivity index (χ3n) is 4.42. The maximum absolute atomic E-state index is 14.7. The second-order valence-electron chi connectivity index (χ2n) is 6.19. The van der Waals surface area contributed by atoms with Gasteiger partial charge >= 0.3 is 6.03 Å². The van der Waals surface area contributed by atoms with E-state index in [1.807, 2.05) is 22.6 Å². The lowest BCUT2D eigenvalue weighted by atomic mass is 9.96. The molecule has 11 heteroatoms. The molecule has 3 rings (SSSR count). The molecular weight excluding hydrogens is 476 g/mol. The van der Waals surface area contributed by atoms with Crippen LogP contribution in [0, 0.1) is 3.57 Å². The van der Waals surface area contributed by atoms with Gasteiger partial charge in [0.2, 0.25) is 11.4 Å². The van der Waals surface area contributed by atoms with Crippen LogP contribution in [0.1, 0.15) is 10.4 Å². The van der Waals surface area contributed by atoms with Crippen LogP contribution in [0.25, 0.3) is 0 Å². The molecule has 0 bridgehead atoms. The van der Waals surface area contributed by atoms with Gasteiger partial charge in [0.1, 0.15) is 18.3 Å². The average Bonchev–Trinajstić information content (AvgIpc) is 2.93. The minimum absolute atomic E-state index is 0.100. The summed E-state index contributed by atoms with van der Waals surface area (Å²) >= 11 is 2.04. The van der Waals surface area contributed by atoms with Gasteiger partial charge in [0.05, 0.1) is 6.61 Å². The summed E-state index contributed by atoms with van der Waals surface area (Å²) in [5.41, 5.74) is 3.52. The average molecular weight is 493 g/mol. The van der Waals surface area contributed by atoms with E-state index in [9.17, 15) is 24.2 Å². The van der Waals surface area contributed by atoms with Gasteiger partial charge in [-0.3, -0.25) is 15.4 Å². The van der Waals surface area contributed by atoms with E-state index in [1.165, 1.54) is 12.1 Å². The van der Waals surface area contributed by atoms with Gasteiger partial charge in [-0.25, -0.2) is 9.18 Å². The van der Waals surface area contributed by atoms with Crippen LogP contribution in [-0.2, 0) is 4.74 Å². The lowest BCUT2D eigenvalue weighted by molar-refractivity contribution is -0.0679. The molecule has 9 nitrogen and oxygen atoms in total. The van der Waals surface area contributed by atoms with Gasteiger partial charge in [0.25, 0.3) is 0 Å². The summed E-state index contributed by atoms with van der Waals surface area (Å²) in [5.74, 6) is -2.04. The van der Waals surface area contributed by atoms with Crippen LogP contribution in [0.15, 0.2) is 36.3 Å². The molecule has 2 amide bonds. The molecule has 1 aromatic carbocycles. The topological polar surface area (TPSA) is 145 Å². The fourth-order valence-electron chi connectivity index (χ4n) is 2.87. The predicted octanol–water partition coefficient (Wildman–Crippen LogP) is -0.596. The highest BCUT2D eigenvalue weighted by molar-refractivity contribution is 14.1. The number of rotatable bonds is 4. The van der Waals surface area contributed by atoms with Crippen LogP contribution in [-0.4, -0.2) is 68.8 Å². The molecule has 0 saturated carbocycles. The SMILES string of the molecule is NC1(C(=O)c2ccc(I)cc2)NC(=O)N([C@@H]2O[C@H](CO)[C@@H](O)[C@H]2O)C=C1F. The number of Topliss-reactive ketones (excluding diaryl/α,β-unsaturated/α-hetero) is 1. The van der Waals surface area contributed by atoms with Crippen molar-refractivity contribution < 1.29 is 34.0 Å². The second-order valence-corrected chi connectivity index (χ2v) is 7.43. The zero-order valence-corrected chi connectivity index (χ0v) is 15.9. The molecule has 27 heavy (non-hydrogen) atoms. The van der Waals surface area contributed by atoms with Crippen molar-refractivity contribution in [3.8, 4) is 0 Å². The molecule has 0 aromatic heterocycles. The normalized spacial score (nSPS) is 33.6. The zero-order chi connectivity index (χ0) is 19.9. The van der Waals surface area contributed by atoms with Crippen molar-refractivity contribution >= 4 is 34.4 Å². The Kier molecular flexibility index (Phi) is 5.52. The summed E-state index contributed by atoms with van der Waals surface area (Å²) in [5, 5.41) is 31.0. The van der Waals surface area contributed by atoms with E-state index >= 15 is 0 Å². The van der Waals surface area contributed by atoms with E-state index in [1.54, 1.807) is 12.1 Å². The maximum Gasteiger partial charge on any atom is 0.325 e. The maximum atomic E-state index is 14.7. The van der Waals surface area contributed by atoms with Crippen molar-refractivity contribution in [2.75, 3.05) is 6.61 Å². The van der Waals surface area contributed by atoms with E-state index in [4.69, 9.17) is 15.6 Å². The molecule has 1 fully saturated rings. The van der Waals surface area contributed by atoms with Crippen molar-refractivity contribution in [1.29, 1.82) is 0 Å². The number of hydrogen-bond donors (Lipinski definition) is 5. The van der Waals surface area contributed by atoms with Crippen molar-refractivity contribution in [3.63, 3.8) is 0 Å². The number of benzene rings is 1. The number of urea groups is 1. The van der Waals surface area contributed by atoms with E-state index in [0.29, 0.717) is 11.1 Å². The minimum Gasteiger partial charge on any atom is -0.394 e. The third-order valence-corrected chi connectivity index (χ3v) is 5.14. The van der Waals surface area contributed by atoms with Crippen molar-refractivity contribution in [3.05, 3.63) is 45.4 Å². The number of carbonyl (C=O) groups is 2. The largest absolute Gasteiger partial charge is 0.394 e. The quantitative estimate of drug-likeness (QED) is 0.278.